The van der Waals surface area contributed by atoms with Crippen LogP contribution in [0.1, 0.15) is 10.4 Å². The highest BCUT2D eigenvalue weighted by Gasteiger charge is 2.11. The first-order chi connectivity index (χ1) is 6.70. The summed E-state index contributed by atoms with van der Waals surface area (Å²) in [6, 6.07) is 2.78. The average molecular weight is 263 g/mol. The number of hydrogen-bond donors (Lipinski definition) is 1. The van der Waals surface area contributed by atoms with Crippen LogP contribution in [0, 0.1) is 5.82 Å². The molecule has 0 saturated heterocycles. The van der Waals surface area contributed by atoms with Crippen LogP contribution in [-0.2, 0) is 0 Å². The smallest absolute Gasteiger partial charge is 0.179 e. The van der Waals surface area contributed by atoms with Crippen molar-refractivity contribution in [3.05, 3.63) is 28.0 Å². The Labute approximate surface area is 88.6 Å². The first-order valence-electron chi connectivity index (χ1n) is 3.87. The summed E-state index contributed by atoms with van der Waals surface area (Å²) in [6.45, 7) is -0.170. The molecule has 0 aliphatic carbocycles. The number of halogens is 2. The van der Waals surface area contributed by atoms with Crippen molar-refractivity contribution >= 4 is 22.2 Å². The largest absolute Gasteiger partial charge is 0.488 e. The van der Waals surface area contributed by atoms with Crippen molar-refractivity contribution < 1.29 is 19.0 Å². The Morgan fingerprint density at radius 2 is 2.29 bits per heavy atom. The van der Waals surface area contributed by atoms with E-state index in [1.165, 1.54) is 12.1 Å². The molecule has 0 radical (unpaired) electrons. The van der Waals surface area contributed by atoms with Gasteiger partial charge in [-0.15, -0.1) is 0 Å². The van der Waals surface area contributed by atoms with E-state index in [2.05, 4.69) is 15.9 Å². The molecule has 0 atom stereocenters. The second-order valence-electron chi connectivity index (χ2n) is 2.47. The molecule has 14 heavy (non-hydrogen) atoms. The summed E-state index contributed by atoms with van der Waals surface area (Å²) >= 11 is 2.93. The predicted octanol–water partition coefficient (Wildman–Crippen LogP) is 1.77. The molecule has 5 heteroatoms. The van der Waals surface area contributed by atoms with E-state index < -0.39 is 5.82 Å². The first-order valence-corrected chi connectivity index (χ1v) is 4.67. The maximum absolute atomic E-state index is 13.4. The molecule has 0 unspecified atom stereocenters. The van der Waals surface area contributed by atoms with Gasteiger partial charge in [0.15, 0.2) is 17.9 Å². The van der Waals surface area contributed by atoms with Crippen LogP contribution in [0.15, 0.2) is 16.6 Å². The monoisotopic (exact) mass is 262 g/mol. The van der Waals surface area contributed by atoms with Crippen LogP contribution in [-0.4, -0.2) is 24.6 Å². The summed E-state index contributed by atoms with van der Waals surface area (Å²) in [5, 5.41) is 8.47. The van der Waals surface area contributed by atoms with Crippen molar-refractivity contribution in [1.82, 2.24) is 0 Å². The molecule has 0 saturated carbocycles. The molecule has 0 aliphatic heterocycles. The van der Waals surface area contributed by atoms with Crippen molar-refractivity contribution in [3.63, 3.8) is 0 Å². The second kappa shape index (κ2) is 5.07. The van der Waals surface area contributed by atoms with Crippen molar-refractivity contribution in [2.45, 2.75) is 0 Å². The fourth-order valence-corrected chi connectivity index (χ4v) is 1.33. The van der Waals surface area contributed by atoms with Crippen LogP contribution in [0.3, 0.4) is 0 Å². The lowest BCUT2D eigenvalue weighted by Gasteiger charge is -2.07. The van der Waals surface area contributed by atoms with E-state index in [1.807, 2.05) is 0 Å². The Hall–Kier alpha value is -0.940. The molecule has 1 aromatic carbocycles. The van der Waals surface area contributed by atoms with E-state index in [0.29, 0.717) is 6.29 Å². The van der Waals surface area contributed by atoms with Crippen LogP contribution >= 0.6 is 15.9 Å². The fourth-order valence-electron chi connectivity index (χ4n) is 0.905. The van der Waals surface area contributed by atoms with Crippen molar-refractivity contribution in [2.24, 2.45) is 0 Å². The normalized spacial score (nSPS) is 9.93. The van der Waals surface area contributed by atoms with Gasteiger partial charge in [0.2, 0.25) is 0 Å². The molecular formula is C9H8BrFO3. The van der Waals surface area contributed by atoms with Crippen LogP contribution in [0.4, 0.5) is 4.39 Å². The summed E-state index contributed by atoms with van der Waals surface area (Å²) in [4.78, 5) is 10.4. The quantitative estimate of drug-likeness (QED) is 0.842. The third-order valence-corrected chi connectivity index (χ3v) is 2.36. The minimum atomic E-state index is -0.636. The zero-order valence-corrected chi connectivity index (χ0v) is 8.75. The maximum Gasteiger partial charge on any atom is 0.179 e. The maximum atomic E-state index is 13.4. The molecule has 0 spiro atoms. The summed E-state index contributed by atoms with van der Waals surface area (Å²) in [7, 11) is 0. The molecule has 1 aromatic rings. The summed E-state index contributed by atoms with van der Waals surface area (Å²) in [5.41, 5.74) is 0.221. The van der Waals surface area contributed by atoms with Gasteiger partial charge in [0.05, 0.1) is 11.1 Å². The highest BCUT2D eigenvalue weighted by Crippen LogP contribution is 2.27. The molecule has 0 amide bonds. The van der Waals surface area contributed by atoms with Crippen molar-refractivity contribution in [1.29, 1.82) is 0 Å². The lowest BCUT2D eigenvalue weighted by atomic mass is 10.2. The van der Waals surface area contributed by atoms with E-state index in [4.69, 9.17) is 9.84 Å². The highest BCUT2D eigenvalue weighted by atomic mass is 79.9. The van der Waals surface area contributed by atoms with E-state index >= 15 is 0 Å². The second-order valence-corrected chi connectivity index (χ2v) is 3.26. The fraction of sp³-hybridized carbons (Fsp3) is 0.222. The SMILES string of the molecule is O=Cc1ccc(OCCO)c(F)c1Br. The van der Waals surface area contributed by atoms with E-state index in [9.17, 15) is 9.18 Å². The third-order valence-electron chi connectivity index (χ3n) is 1.55. The molecular weight excluding hydrogens is 255 g/mol. The van der Waals surface area contributed by atoms with E-state index in [0.717, 1.165) is 0 Å². The van der Waals surface area contributed by atoms with Crippen molar-refractivity contribution in [2.75, 3.05) is 13.2 Å². The Morgan fingerprint density at radius 1 is 1.57 bits per heavy atom. The van der Waals surface area contributed by atoms with Gasteiger partial charge in [-0.25, -0.2) is 4.39 Å². The zero-order valence-electron chi connectivity index (χ0n) is 7.17. The number of benzene rings is 1. The Bertz CT molecular complexity index is 341. The minimum Gasteiger partial charge on any atom is -0.488 e. The number of aliphatic hydroxyl groups is 1. The van der Waals surface area contributed by atoms with Gasteiger partial charge in [-0.05, 0) is 28.1 Å². The van der Waals surface area contributed by atoms with Gasteiger partial charge in [0.1, 0.15) is 6.61 Å². The number of aliphatic hydroxyl groups excluding tert-OH is 1. The Balaban J connectivity index is 2.98. The van der Waals surface area contributed by atoms with Gasteiger partial charge in [0, 0.05) is 5.56 Å². The standard InChI is InChI=1S/C9H8BrFO3/c10-8-6(5-13)1-2-7(9(8)11)14-4-3-12/h1-2,5,12H,3-4H2. The summed E-state index contributed by atoms with van der Waals surface area (Å²) in [6.07, 6.45) is 0.545. The zero-order chi connectivity index (χ0) is 10.6. The molecule has 0 aliphatic rings. The van der Waals surface area contributed by atoms with Gasteiger partial charge in [-0.3, -0.25) is 4.79 Å². The number of hydrogen-bond acceptors (Lipinski definition) is 3. The van der Waals surface area contributed by atoms with Gasteiger partial charge < -0.3 is 9.84 Å². The van der Waals surface area contributed by atoms with Crippen LogP contribution < -0.4 is 4.74 Å². The highest BCUT2D eigenvalue weighted by molar-refractivity contribution is 9.10. The first kappa shape index (κ1) is 11.1. The predicted molar refractivity (Wildman–Crippen MR) is 52.1 cm³/mol. The Morgan fingerprint density at radius 3 is 2.86 bits per heavy atom. The summed E-state index contributed by atoms with van der Waals surface area (Å²) in [5.74, 6) is -0.625. The Kier molecular flexibility index (Phi) is 4.03. The van der Waals surface area contributed by atoms with E-state index in [-0.39, 0.29) is 29.0 Å². The molecule has 0 bridgehead atoms. The molecule has 3 nitrogen and oxygen atoms in total. The number of carbonyl (C=O) groups is 1. The van der Waals surface area contributed by atoms with Gasteiger partial charge in [-0.1, -0.05) is 0 Å². The van der Waals surface area contributed by atoms with E-state index in [1.54, 1.807) is 0 Å². The topological polar surface area (TPSA) is 46.5 Å². The van der Waals surface area contributed by atoms with Gasteiger partial charge in [-0.2, -0.15) is 0 Å². The van der Waals surface area contributed by atoms with Crippen LogP contribution in [0.2, 0.25) is 0 Å². The number of carbonyl (C=O) groups excluding carboxylic acids is 1. The number of ether oxygens (including phenoxy) is 1. The average Bonchev–Trinajstić information content (AvgIpc) is 2.20. The molecule has 1 N–H and O–H groups in total. The molecule has 0 aromatic heterocycles. The minimum absolute atomic E-state index is 0.0107. The lowest BCUT2D eigenvalue weighted by molar-refractivity contribution is 0.112. The van der Waals surface area contributed by atoms with Gasteiger partial charge in [0.25, 0.3) is 0 Å². The van der Waals surface area contributed by atoms with Crippen LogP contribution in [0.25, 0.3) is 0 Å². The number of aldehydes is 1. The molecule has 0 heterocycles. The van der Waals surface area contributed by atoms with Crippen LogP contribution in [0.5, 0.6) is 5.75 Å². The molecule has 76 valence electrons. The molecule has 0 fully saturated rings. The number of rotatable bonds is 4. The van der Waals surface area contributed by atoms with Gasteiger partial charge >= 0.3 is 0 Å². The van der Waals surface area contributed by atoms with Crippen molar-refractivity contribution in [3.8, 4) is 5.75 Å². The lowest BCUT2D eigenvalue weighted by Crippen LogP contribution is -2.04. The summed E-state index contributed by atoms with van der Waals surface area (Å²) < 4.78 is 18.3. The third kappa shape index (κ3) is 2.30. The molecule has 1 rings (SSSR count).